The van der Waals surface area contributed by atoms with Crippen LogP contribution in [0.15, 0.2) is 41.0 Å². The molecule has 0 atom stereocenters. The molecule has 1 aromatic carbocycles. The molecule has 0 aliphatic carbocycles. The smallest absolute Gasteiger partial charge is 0.191 e. The van der Waals surface area contributed by atoms with Crippen LogP contribution in [0.3, 0.4) is 0 Å². The molecule has 1 fully saturated rings. The number of anilines is 1. The SMILES string of the molecule is Cc1cccc2c(CCN=C(N)N3CCN(c4nccs4)CC3)c[nH]c12. The van der Waals surface area contributed by atoms with Crippen molar-refractivity contribution in [2.75, 3.05) is 37.6 Å². The van der Waals surface area contributed by atoms with Gasteiger partial charge in [0.1, 0.15) is 0 Å². The number of para-hydroxylation sites is 1. The first-order chi connectivity index (χ1) is 12.7. The van der Waals surface area contributed by atoms with Crippen LogP contribution in [-0.4, -0.2) is 53.6 Å². The lowest BCUT2D eigenvalue weighted by molar-refractivity contribution is 0.380. The van der Waals surface area contributed by atoms with Crippen LogP contribution in [0.25, 0.3) is 10.9 Å². The molecule has 0 spiro atoms. The molecule has 0 saturated carbocycles. The van der Waals surface area contributed by atoms with Gasteiger partial charge < -0.3 is 20.5 Å². The fourth-order valence-corrected chi connectivity index (χ4v) is 4.16. The Bertz CT molecular complexity index is 890. The van der Waals surface area contributed by atoms with Crippen molar-refractivity contribution in [2.24, 2.45) is 10.7 Å². The number of fused-ring (bicyclic) bond motifs is 1. The van der Waals surface area contributed by atoms with Crippen molar-refractivity contribution in [1.29, 1.82) is 0 Å². The van der Waals surface area contributed by atoms with Gasteiger partial charge in [0.2, 0.25) is 0 Å². The number of piperazine rings is 1. The molecule has 3 N–H and O–H groups in total. The number of nitrogens with zero attached hydrogens (tertiary/aromatic N) is 4. The molecule has 1 aliphatic rings. The van der Waals surface area contributed by atoms with E-state index in [0.29, 0.717) is 12.5 Å². The van der Waals surface area contributed by atoms with E-state index in [1.54, 1.807) is 11.3 Å². The van der Waals surface area contributed by atoms with E-state index < -0.39 is 0 Å². The molecule has 0 radical (unpaired) electrons. The molecule has 3 aromatic rings. The molecule has 136 valence electrons. The van der Waals surface area contributed by atoms with Crippen LogP contribution in [0.1, 0.15) is 11.1 Å². The highest BCUT2D eigenvalue weighted by Crippen LogP contribution is 2.22. The average molecular weight is 369 g/mol. The number of guanidine groups is 1. The van der Waals surface area contributed by atoms with Gasteiger partial charge in [0.05, 0.1) is 0 Å². The van der Waals surface area contributed by atoms with Gasteiger partial charge in [0.15, 0.2) is 11.1 Å². The second-order valence-corrected chi connectivity index (χ2v) is 7.46. The molecular formula is C19H24N6S. The van der Waals surface area contributed by atoms with Crippen LogP contribution < -0.4 is 10.6 Å². The van der Waals surface area contributed by atoms with Crippen LogP contribution in [-0.2, 0) is 6.42 Å². The molecule has 3 heterocycles. The molecule has 0 unspecified atom stereocenters. The van der Waals surface area contributed by atoms with Crippen molar-refractivity contribution in [1.82, 2.24) is 14.9 Å². The fourth-order valence-electron chi connectivity index (χ4n) is 3.46. The van der Waals surface area contributed by atoms with Crippen LogP contribution in [0.4, 0.5) is 5.13 Å². The molecule has 1 aliphatic heterocycles. The Morgan fingerprint density at radius 1 is 1.31 bits per heavy atom. The van der Waals surface area contributed by atoms with Gasteiger partial charge in [-0.15, -0.1) is 11.3 Å². The van der Waals surface area contributed by atoms with Gasteiger partial charge in [-0.05, 0) is 24.5 Å². The first-order valence-electron chi connectivity index (χ1n) is 8.97. The highest BCUT2D eigenvalue weighted by Gasteiger charge is 2.19. The number of thiazole rings is 1. The van der Waals surface area contributed by atoms with Gasteiger partial charge in [-0.2, -0.15) is 0 Å². The van der Waals surface area contributed by atoms with E-state index in [1.807, 2.05) is 11.6 Å². The van der Waals surface area contributed by atoms with E-state index in [1.165, 1.54) is 22.0 Å². The monoisotopic (exact) mass is 368 g/mol. The standard InChI is InChI=1S/C19H24N6S/c1-14-3-2-4-16-15(13-23-17(14)16)5-6-21-18(20)24-8-10-25(11-9-24)19-22-7-12-26-19/h2-4,7,12-13,23H,5-6,8-11H2,1H3,(H2,20,21). The number of benzene rings is 1. The van der Waals surface area contributed by atoms with Gasteiger partial charge in [-0.1, -0.05) is 18.2 Å². The third kappa shape index (κ3) is 3.39. The summed E-state index contributed by atoms with van der Waals surface area (Å²) >= 11 is 1.69. The Hall–Kier alpha value is -2.54. The summed E-state index contributed by atoms with van der Waals surface area (Å²) in [4.78, 5) is 16.8. The van der Waals surface area contributed by atoms with Crippen molar-refractivity contribution in [2.45, 2.75) is 13.3 Å². The van der Waals surface area contributed by atoms with Gasteiger partial charge >= 0.3 is 0 Å². The van der Waals surface area contributed by atoms with Crippen LogP contribution in [0.2, 0.25) is 0 Å². The zero-order valence-corrected chi connectivity index (χ0v) is 15.8. The Balaban J connectivity index is 1.33. The molecular weight excluding hydrogens is 344 g/mol. The predicted molar refractivity (Wildman–Crippen MR) is 109 cm³/mol. The third-order valence-electron chi connectivity index (χ3n) is 4.96. The maximum Gasteiger partial charge on any atom is 0.191 e. The molecule has 0 bridgehead atoms. The molecule has 0 amide bonds. The van der Waals surface area contributed by atoms with Gasteiger partial charge in [0, 0.05) is 61.4 Å². The number of aromatic nitrogens is 2. The number of hydrogen-bond donors (Lipinski definition) is 2. The van der Waals surface area contributed by atoms with Crippen molar-refractivity contribution in [3.63, 3.8) is 0 Å². The van der Waals surface area contributed by atoms with Gasteiger partial charge in [-0.25, -0.2) is 4.98 Å². The van der Waals surface area contributed by atoms with Crippen molar-refractivity contribution < 1.29 is 0 Å². The van der Waals surface area contributed by atoms with E-state index in [9.17, 15) is 0 Å². The minimum atomic E-state index is 0.653. The highest BCUT2D eigenvalue weighted by molar-refractivity contribution is 7.13. The quantitative estimate of drug-likeness (QED) is 0.548. The van der Waals surface area contributed by atoms with Crippen LogP contribution in [0.5, 0.6) is 0 Å². The second kappa shape index (κ2) is 7.37. The number of H-pyrrole nitrogens is 1. The van der Waals surface area contributed by atoms with Crippen molar-refractivity contribution >= 4 is 33.3 Å². The first-order valence-corrected chi connectivity index (χ1v) is 9.85. The molecule has 2 aromatic heterocycles. The van der Waals surface area contributed by atoms with Crippen molar-refractivity contribution in [3.05, 3.63) is 47.1 Å². The number of aromatic amines is 1. The summed E-state index contributed by atoms with van der Waals surface area (Å²) in [5.74, 6) is 0.653. The Labute approximate surface area is 157 Å². The third-order valence-corrected chi connectivity index (χ3v) is 5.79. The lowest BCUT2D eigenvalue weighted by atomic mass is 10.1. The molecule has 1 saturated heterocycles. The Morgan fingerprint density at radius 3 is 2.92 bits per heavy atom. The number of rotatable bonds is 4. The average Bonchev–Trinajstić information content (AvgIpc) is 3.33. The number of aryl methyl sites for hydroxylation is 1. The molecule has 7 heteroatoms. The summed E-state index contributed by atoms with van der Waals surface area (Å²) in [5.41, 5.74) is 10.0. The van der Waals surface area contributed by atoms with Crippen LogP contribution >= 0.6 is 11.3 Å². The summed E-state index contributed by atoms with van der Waals surface area (Å²) in [6.07, 6.45) is 4.84. The summed E-state index contributed by atoms with van der Waals surface area (Å²) in [6, 6.07) is 6.40. The van der Waals surface area contributed by atoms with E-state index >= 15 is 0 Å². The van der Waals surface area contributed by atoms with E-state index in [0.717, 1.165) is 37.7 Å². The molecule has 4 rings (SSSR count). The minimum absolute atomic E-state index is 0.653. The summed E-state index contributed by atoms with van der Waals surface area (Å²) in [6.45, 7) is 6.49. The van der Waals surface area contributed by atoms with E-state index in [-0.39, 0.29) is 0 Å². The predicted octanol–water partition coefficient (Wildman–Crippen LogP) is 2.61. The summed E-state index contributed by atoms with van der Waals surface area (Å²) in [5, 5.41) is 4.40. The van der Waals surface area contributed by atoms with E-state index in [2.05, 4.69) is 56.1 Å². The fraction of sp³-hybridized carbons (Fsp3) is 0.368. The largest absolute Gasteiger partial charge is 0.370 e. The summed E-state index contributed by atoms with van der Waals surface area (Å²) in [7, 11) is 0. The van der Waals surface area contributed by atoms with E-state index in [4.69, 9.17) is 5.73 Å². The van der Waals surface area contributed by atoms with Crippen LogP contribution in [0, 0.1) is 6.92 Å². The molecule has 26 heavy (non-hydrogen) atoms. The number of nitrogens with two attached hydrogens (primary N) is 1. The lowest BCUT2D eigenvalue weighted by Crippen LogP contribution is -2.51. The molecule has 6 nitrogen and oxygen atoms in total. The Morgan fingerprint density at radius 2 is 2.15 bits per heavy atom. The second-order valence-electron chi connectivity index (χ2n) is 6.59. The Kier molecular flexibility index (Phi) is 4.79. The van der Waals surface area contributed by atoms with Crippen molar-refractivity contribution in [3.8, 4) is 0 Å². The normalized spacial score (nSPS) is 15.8. The highest BCUT2D eigenvalue weighted by atomic mass is 32.1. The zero-order valence-electron chi connectivity index (χ0n) is 15.0. The summed E-state index contributed by atoms with van der Waals surface area (Å²) < 4.78 is 0. The minimum Gasteiger partial charge on any atom is -0.370 e. The first kappa shape index (κ1) is 16.9. The zero-order chi connectivity index (χ0) is 17.9. The lowest BCUT2D eigenvalue weighted by Gasteiger charge is -2.35. The maximum absolute atomic E-state index is 6.23. The number of nitrogens with one attached hydrogen (secondary N) is 1. The number of hydrogen-bond acceptors (Lipinski definition) is 4. The van der Waals surface area contributed by atoms with Gasteiger partial charge in [-0.3, -0.25) is 4.99 Å². The van der Waals surface area contributed by atoms with Gasteiger partial charge in [0.25, 0.3) is 0 Å². The topological polar surface area (TPSA) is 73.5 Å². The number of aliphatic imine (C=N–C) groups is 1. The maximum atomic E-state index is 6.23.